The first-order valence-corrected chi connectivity index (χ1v) is 7.53. The fourth-order valence-electron chi connectivity index (χ4n) is 2.12. The van der Waals surface area contributed by atoms with Gasteiger partial charge in [0.05, 0.1) is 0 Å². The van der Waals surface area contributed by atoms with Crippen LogP contribution in [0.4, 0.5) is 0 Å². The molecule has 0 amide bonds. The number of hydrogen-bond acceptors (Lipinski definition) is 4. The predicted octanol–water partition coefficient (Wildman–Crippen LogP) is 0.171. The summed E-state index contributed by atoms with van der Waals surface area (Å²) >= 11 is -1.69. The number of hydrogen-bond donors (Lipinski definition) is 2. The zero-order chi connectivity index (χ0) is 12.7. The molecule has 2 N–H and O–H groups in total. The molecule has 1 rings (SSSR count). The van der Waals surface area contributed by atoms with Crippen molar-refractivity contribution in [3.8, 4) is 0 Å². The zero-order valence-electron chi connectivity index (χ0n) is 10.9. The van der Waals surface area contributed by atoms with Crippen LogP contribution in [0.1, 0.15) is 19.3 Å². The molecule has 1 saturated heterocycles. The molecule has 1 aliphatic heterocycles. The average molecular weight is 263 g/mol. The third-order valence-corrected chi connectivity index (χ3v) is 3.68. The van der Waals surface area contributed by atoms with Gasteiger partial charge in [0.2, 0.25) is 0 Å². The largest absolute Gasteiger partial charge is 0.314 e. The normalized spacial score (nSPS) is 20.9. The molecule has 1 heterocycles. The lowest BCUT2D eigenvalue weighted by Crippen LogP contribution is -2.43. The van der Waals surface area contributed by atoms with Crippen LogP contribution in [0, 0.1) is 0 Å². The Bertz CT molecular complexity index is 231. The number of rotatable bonds is 7. The Labute approximate surface area is 107 Å². The van der Waals surface area contributed by atoms with Gasteiger partial charge in [0.15, 0.2) is 11.1 Å². The van der Waals surface area contributed by atoms with E-state index in [-0.39, 0.29) is 0 Å². The van der Waals surface area contributed by atoms with Crippen molar-refractivity contribution in [2.75, 3.05) is 46.2 Å². The van der Waals surface area contributed by atoms with Crippen LogP contribution >= 0.6 is 0 Å². The van der Waals surface area contributed by atoms with Crippen LogP contribution in [0.3, 0.4) is 0 Å². The van der Waals surface area contributed by atoms with Crippen molar-refractivity contribution >= 4 is 11.1 Å². The van der Waals surface area contributed by atoms with Gasteiger partial charge in [-0.2, -0.15) is 0 Å². The van der Waals surface area contributed by atoms with Gasteiger partial charge in [-0.05, 0) is 46.4 Å². The lowest BCUT2D eigenvalue weighted by atomic mass is 10.1. The highest BCUT2D eigenvalue weighted by molar-refractivity contribution is 7.79. The minimum absolute atomic E-state index is 0.299. The Morgan fingerprint density at radius 1 is 1.41 bits per heavy atom. The Kier molecular flexibility index (Phi) is 7.22. The van der Waals surface area contributed by atoms with Gasteiger partial charge in [0, 0.05) is 19.1 Å². The first kappa shape index (κ1) is 15.0. The van der Waals surface area contributed by atoms with E-state index in [0.717, 1.165) is 39.0 Å². The van der Waals surface area contributed by atoms with Crippen molar-refractivity contribution in [1.29, 1.82) is 0 Å². The summed E-state index contributed by atoms with van der Waals surface area (Å²) < 4.78 is 19.5. The van der Waals surface area contributed by atoms with E-state index >= 15 is 0 Å². The molecule has 102 valence electrons. The summed E-state index contributed by atoms with van der Waals surface area (Å²) in [5.41, 5.74) is 0. The van der Waals surface area contributed by atoms with Crippen molar-refractivity contribution in [1.82, 2.24) is 15.1 Å². The maximum Gasteiger partial charge on any atom is 0.167 e. The van der Waals surface area contributed by atoms with Crippen molar-refractivity contribution in [3.05, 3.63) is 0 Å². The molecule has 0 aliphatic carbocycles. The average Bonchev–Trinajstić information content (AvgIpc) is 2.25. The summed E-state index contributed by atoms with van der Waals surface area (Å²) in [6, 6.07) is 0.584. The van der Waals surface area contributed by atoms with Crippen LogP contribution in [-0.4, -0.2) is 70.8 Å². The first-order chi connectivity index (χ1) is 8.08. The molecule has 0 bridgehead atoms. The number of nitrogens with one attached hydrogen (secondary N) is 1. The van der Waals surface area contributed by atoms with Crippen LogP contribution in [-0.2, 0) is 11.1 Å². The van der Waals surface area contributed by atoms with E-state index in [4.69, 9.17) is 4.55 Å². The van der Waals surface area contributed by atoms with Gasteiger partial charge in [-0.25, -0.2) is 4.21 Å². The van der Waals surface area contributed by atoms with Gasteiger partial charge in [0.1, 0.15) is 5.88 Å². The monoisotopic (exact) mass is 263 g/mol. The molecule has 1 unspecified atom stereocenters. The second kappa shape index (κ2) is 8.16. The molecule has 17 heavy (non-hydrogen) atoms. The lowest BCUT2D eigenvalue weighted by molar-refractivity contribution is 0.221. The topological polar surface area (TPSA) is 55.8 Å². The molecule has 0 saturated carbocycles. The third kappa shape index (κ3) is 7.10. The standard InChI is InChI=1S/C11H25N3O2S/c1-13(2)7-3-6-12-11-4-8-14(9-5-11)10-17(15)16/h11-12H,3-10H2,1-2H3,(H,15,16). The molecule has 0 aromatic heterocycles. The van der Waals surface area contributed by atoms with Gasteiger partial charge in [-0.1, -0.05) is 0 Å². The summed E-state index contributed by atoms with van der Waals surface area (Å²) in [4.78, 5) is 4.26. The van der Waals surface area contributed by atoms with Gasteiger partial charge in [-0.15, -0.1) is 0 Å². The Morgan fingerprint density at radius 2 is 2.06 bits per heavy atom. The Morgan fingerprint density at radius 3 is 2.59 bits per heavy atom. The summed E-state index contributed by atoms with van der Waals surface area (Å²) in [7, 11) is 4.18. The molecule has 1 atom stereocenters. The molecule has 0 aromatic carbocycles. The maximum absolute atomic E-state index is 10.7. The highest BCUT2D eigenvalue weighted by Crippen LogP contribution is 2.10. The van der Waals surface area contributed by atoms with Crippen molar-refractivity contribution < 1.29 is 8.76 Å². The predicted molar refractivity (Wildman–Crippen MR) is 71.4 cm³/mol. The number of likely N-dealkylation sites (tertiary alicyclic amines) is 1. The van der Waals surface area contributed by atoms with E-state index in [9.17, 15) is 4.21 Å². The highest BCUT2D eigenvalue weighted by atomic mass is 32.2. The van der Waals surface area contributed by atoms with Crippen LogP contribution in [0.5, 0.6) is 0 Å². The van der Waals surface area contributed by atoms with Crippen molar-refractivity contribution in [2.24, 2.45) is 0 Å². The fourth-order valence-corrected chi connectivity index (χ4v) is 2.69. The minimum Gasteiger partial charge on any atom is -0.314 e. The molecule has 6 heteroatoms. The van der Waals surface area contributed by atoms with Crippen LogP contribution in [0.2, 0.25) is 0 Å². The molecule has 5 nitrogen and oxygen atoms in total. The van der Waals surface area contributed by atoms with E-state index in [1.165, 1.54) is 6.42 Å². The smallest absolute Gasteiger partial charge is 0.167 e. The second-order valence-corrected chi connectivity index (χ2v) is 5.86. The molecular weight excluding hydrogens is 238 g/mol. The maximum atomic E-state index is 10.7. The SMILES string of the molecule is CN(C)CCCNC1CCN(CS(=O)O)CC1. The summed E-state index contributed by atoms with van der Waals surface area (Å²) in [6.45, 7) is 4.04. The Hall–Kier alpha value is -0.0100. The quantitative estimate of drug-likeness (QED) is 0.507. The molecule has 0 radical (unpaired) electrons. The third-order valence-electron chi connectivity index (χ3n) is 3.10. The summed E-state index contributed by atoms with van der Waals surface area (Å²) in [5.74, 6) is 0.299. The van der Waals surface area contributed by atoms with Crippen molar-refractivity contribution in [3.63, 3.8) is 0 Å². The first-order valence-electron chi connectivity index (χ1n) is 6.26. The van der Waals surface area contributed by atoms with Gasteiger partial charge in [-0.3, -0.25) is 4.90 Å². The molecule has 0 spiro atoms. The van der Waals surface area contributed by atoms with E-state index in [1.807, 2.05) is 0 Å². The van der Waals surface area contributed by atoms with Gasteiger partial charge < -0.3 is 14.8 Å². The van der Waals surface area contributed by atoms with E-state index in [2.05, 4.69) is 29.2 Å². The van der Waals surface area contributed by atoms with E-state index < -0.39 is 11.1 Å². The van der Waals surface area contributed by atoms with Gasteiger partial charge >= 0.3 is 0 Å². The van der Waals surface area contributed by atoms with Gasteiger partial charge in [0.25, 0.3) is 0 Å². The number of piperidine rings is 1. The Balaban J connectivity index is 2.05. The van der Waals surface area contributed by atoms with Crippen LogP contribution < -0.4 is 5.32 Å². The molecule has 0 aromatic rings. The fraction of sp³-hybridized carbons (Fsp3) is 1.00. The zero-order valence-corrected chi connectivity index (χ0v) is 11.7. The lowest BCUT2D eigenvalue weighted by Gasteiger charge is -2.31. The number of nitrogens with zero attached hydrogens (tertiary/aromatic N) is 2. The summed E-state index contributed by atoms with van der Waals surface area (Å²) in [6.07, 6.45) is 3.34. The van der Waals surface area contributed by atoms with Crippen LogP contribution in [0.25, 0.3) is 0 Å². The second-order valence-electron chi connectivity index (χ2n) is 4.95. The van der Waals surface area contributed by atoms with E-state index in [1.54, 1.807) is 0 Å². The van der Waals surface area contributed by atoms with Crippen LogP contribution in [0.15, 0.2) is 0 Å². The minimum atomic E-state index is -1.69. The highest BCUT2D eigenvalue weighted by Gasteiger charge is 2.19. The molecule has 1 fully saturated rings. The molecular formula is C11H25N3O2S. The van der Waals surface area contributed by atoms with Crippen molar-refractivity contribution in [2.45, 2.75) is 25.3 Å². The van der Waals surface area contributed by atoms with E-state index in [0.29, 0.717) is 11.9 Å². The summed E-state index contributed by atoms with van der Waals surface area (Å²) in [5, 5.41) is 3.56. The molecule has 1 aliphatic rings.